The maximum absolute atomic E-state index is 9.22. The molecule has 0 aliphatic heterocycles. The molecule has 3 aromatic rings. The van der Waals surface area contributed by atoms with E-state index in [4.69, 9.17) is 10.00 Å². The van der Waals surface area contributed by atoms with Gasteiger partial charge in [-0.1, -0.05) is 6.07 Å². The van der Waals surface area contributed by atoms with Gasteiger partial charge >= 0.3 is 0 Å². The average molecular weight is 320 g/mol. The third-order valence-electron chi connectivity index (χ3n) is 3.38. The molecule has 0 saturated carbocycles. The maximum Gasteiger partial charge on any atom is 0.129 e. The molecule has 0 saturated heterocycles. The van der Waals surface area contributed by atoms with Crippen molar-refractivity contribution in [3.8, 4) is 17.9 Å². The van der Waals surface area contributed by atoms with Gasteiger partial charge in [0.05, 0.1) is 40.9 Å². The molecule has 0 amide bonds. The SMILES string of the molecule is COc1ccc(NSc2cccc(C#N)c2)c2[nH]cc(C#N)c12. The first-order valence-electron chi connectivity index (χ1n) is 6.78. The van der Waals surface area contributed by atoms with E-state index in [0.29, 0.717) is 16.9 Å². The van der Waals surface area contributed by atoms with E-state index in [2.05, 4.69) is 21.8 Å². The highest BCUT2D eigenvalue weighted by Gasteiger charge is 2.13. The highest BCUT2D eigenvalue weighted by Crippen LogP contribution is 2.35. The number of nitriles is 2. The van der Waals surface area contributed by atoms with E-state index in [-0.39, 0.29) is 0 Å². The predicted octanol–water partition coefficient (Wildman–Crippen LogP) is 4.04. The second-order valence-electron chi connectivity index (χ2n) is 4.72. The second kappa shape index (κ2) is 6.35. The van der Waals surface area contributed by atoms with Crippen LogP contribution in [0.3, 0.4) is 0 Å². The molecular weight excluding hydrogens is 308 g/mol. The minimum Gasteiger partial charge on any atom is -0.496 e. The fraction of sp³-hybridized carbons (Fsp3) is 0.0588. The number of aromatic nitrogens is 1. The molecule has 3 rings (SSSR count). The van der Waals surface area contributed by atoms with Crippen LogP contribution in [0.15, 0.2) is 47.5 Å². The normalized spacial score (nSPS) is 10.0. The van der Waals surface area contributed by atoms with Crippen molar-refractivity contribution in [3.05, 3.63) is 53.7 Å². The molecule has 6 heteroatoms. The van der Waals surface area contributed by atoms with Gasteiger partial charge in [-0.05, 0) is 42.3 Å². The highest BCUT2D eigenvalue weighted by atomic mass is 32.2. The standard InChI is InChI=1S/C17H12N4OS/c1-22-15-6-5-14(17-16(15)12(9-19)10-20-17)21-23-13-4-2-3-11(7-13)8-18/h2-7,10,20-21H,1H3. The lowest BCUT2D eigenvalue weighted by molar-refractivity contribution is 0.420. The molecule has 0 atom stereocenters. The zero-order valence-corrected chi connectivity index (χ0v) is 13.1. The van der Waals surface area contributed by atoms with Gasteiger partial charge in [0.15, 0.2) is 0 Å². The first-order chi connectivity index (χ1) is 11.3. The Bertz CT molecular complexity index is 949. The number of benzene rings is 2. The molecule has 0 aliphatic carbocycles. The Hall–Kier alpha value is -3.09. The summed E-state index contributed by atoms with van der Waals surface area (Å²) in [7, 11) is 1.58. The molecule has 0 radical (unpaired) electrons. The third-order valence-corrected chi connectivity index (χ3v) is 4.19. The van der Waals surface area contributed by atoms with Gasteiger partial charge in [0.1, 0.15) is 11.8 Å². The number of anilines is 1. The van der Waals surface area contributed by atoms with E-state index in [0.717, 1.165) is 21.5 Å². The molecule has 2 aromatic carbocycles. The summed E-state index contributed by atoms with van der Waals surface area (Å²) in [5, 5.41) is 18.9. The number of H-pyrrole nitrogens is 1. The van der Waals surface area contributed by atoms with Crippen molar-refractivity contribution in [2.75, 3.05) is 11.8 Å². The first kappa shape index (κ1) is 14.8. The molecule has 112 valence electrons. The van der Waals surface area contributed by atoms with E-state index in [9.17, 15) is 5.26 Å². The molecule has 2 N–H and O–H groups in total. The van der Waals surface area contributed by atoms with Crippen LogP contribution in [0.2, 0.25) is 0 Å². The molecule has 0 unspecified atom stereocenters. The van der Waals surface area contributed by atoms with Gasteiger partial charge in [0.2, 0.25) is 0 Å². The van der Waals surface area contributed by atoms with E-state index in [1.54, 1.807) is 19.4 Å². The lowest BCUT2D eigenvalue weighted by Crippen LogP contribution is -1.91. The van der Waals surface area contributed by atoms with Crippen LogP contribution in [0.4, 0.5) is 5.69 Å². The molecule has 1 heterocycles. The van der Waals surface area contributed by atoms with E-state index in [1.807, 2.05) is 30.3 Å². The Balaban J connectivity index is 1.93. The van der Waals surface area contributed by atoms with Crippen molar-refractivity contribution in [3.63, 3.8) is 0 Å². The summed E-state index contributed by atoms with van der Waals surface area (Å²) in [6.45, 7) is 0. The summed E-state index contributed by atoms with van der Waals surface area (Å²) in [5.41, 5.74) is 2.81. The summed E-state index contributed by atoms with van der Waals surface area (Å²) in [6.07, 6.45) is 1.67. The van der Waals surface area contributed by atoms with Crippen molar-refractivity contribution in [2.24, 2.45) is 0 Å². The molecule has 0 aliphatic rings. The lowest BCUT2D eigenvalue weighted by Gasteiger charge is -2.09. The molecule has 0 spiro atoms. The van der Waals surface area contributed by atoms with Gasteiger partial charge in [-0.2, -0.15) is 10.5 Å². The summed E-state index contributed by atoms with van der Waals surface area (Å²) >= 11 is 1.40. The van der Waals surface area contributed by atoms with Crippen molar-refractivity contribution >= 4 is 28.5 Å². The topological polar surface area (TPSA) is 84.6 Å². The zero-order chi connectivity index (χ0) is 16.2. The van der Waals surface area contributed by atoms with Crippen LogP contribution in [0.1, 0.15) is 11.1 Å². The van der Waals surface area contributed by atoms with Crippen LogP contribution < -0.4 is 9.46 Å². The van der Waals surface area contributed by atoms with Gasteiger partial charge in [-0.15, -0.1) is 0 Å². The number of aromatic amines is 1. The number of methoxy groups -OCH3 is 1. The van der Waals surface area contributed by atoms with Crippen LogP contribution >= 0.6 is 11.9 Å². The van der Waals surface area contributed by atoms with Crippen LogP contribution in [0, 0.1) is 22.7 Å². The quantitative estimate of drug-likeness (QED) is 0.709. The Kier molecular flexibility index (Phi) is 4.09. The molecule has 0 bridgehead atoms. The molecule has 1 aromatic heterocycles. The number of fused-ring (bicyclic) bond motifs is 1. The van der Waals surface area contributed by atoms with E-state index in [1.165, 1.54) is 11.9 Å². The van der Waals surface area contributed by atoms with E-state index < -0.39 is 0 Å². The van der Waals surface area contributed by atoms with Crippen molar-refractivity contribution in [1.29, 1.82) is 10.5 Å². The van der Waals surface area contributed by atoms with Crippen LogP contribution in [-0.4, -0.2) is 12.1 Å². The smallest absolute Gasteiger partial charge is 0.129 e. The second-order valence-corrected chi connectivity index (χ2v) is 5.60. The predicted molar refractivity (Wildman–Crippen MR) is 90.2 cm³/mol. The van der Waals surface area contributed by atoms with Crippen molar-refractivity contribution < 1.29 is 4.74 Å². The van der Waals surface area contributed by atoms with Crippen LogP contribution in [0.5, 0.6) is 5.75 Å². The molecule has 0 fully saturated rings. The van der Waals surface area contributed by atoms with E-state index >= 15 is 0 Å². The number of hydrogen-bond acceptors (Lipinski definition) is 5. The number of rotatable bonds is 4. The minimum absolute atomic E-state index is 0.539. The van der Waals surface area contributed by atoms with Crippen LogP contribution in [-0.2, 0) is 0 Å². The van der Waals surface area contributed by atoms with Gasteiger partial charge in [-0.3, -0.25) is 0 Å². The molecule has 23 heavy (non-hydrogen) atoms. The average Bonchev–Trinajstić information content (AvgIpc) is 3.04. The lowest BCUT2D eigenvalue weighted by atomic mass is 10.1. The summed E-state index contributed by atoms with van der Waals surface area (Å²) in [4.78, 5) is 4.04. The molecular formula is C17H12N4OS. The number of hydrogen-bond donors (Lipinski definition) is 2. The number of ether oxygens (including phenoxy) is 1. The minimum atomic E-state index is 0.539. The third kappa shape index (κ3) is 2.80. The number of nitrogens with one attached hydrogen (secondary N) is 2. The largest absolute Gasteiger partial charge is 0.496 e. The van der Waals surface area contributed by atoms with Crippen molar-refractivity contribution in [1.82, 2.24) is 4.98 Å². The Labute approximate surface area is 137 Å². The monoisotopic (exact) mass is 320 g/mol. The first-order valence-corrected chi connectivity index (χ1v) is 7.59. The van der Waals surface area contributed by atoms with Crippen LogP contribution in [0.25, 0.3) is 10.9 Å². The maximum atomic E-state index is 9.22. The summed E-state index contributed by atoms with van der Waals surface area (Å²) in [5.74, 6) is 0.653. The Morgan fingerprint density at radius 2 is 2.04 bits per heavy atom. The highest BCUT2D eigenvalue weighted by molar-refractivity contribution is 8.00. The zero-order valence-electron chi connectivity index (χ0n) is 12.3. The van der Waals surface area contributed by atoms with Gasteiger partial charge in [0, 0.05) is 11.1 Å². The Morgan fingerprint density at radius 3 is 2.78 bits per heavy atom. The fourth-order valence-corrected chi connectivity index (χ4v) is 3.03. The summed E-state index contributed by atoms with van der Waals surface area (Å²) in [6, 6.07) is 15.3. The summed E-state index contributed by atoms with van der Waals surface area (Å²) < 4.78 is 8.59. The van der Waals surface area contributed by atoms with Crippen molar-refractivity contribution in [2.45, 2.75) is 4.90 Å². The fourth-order valence-electron chi connectivity index (χ4n) is 2.30. The number of nitrogens with zero attached hydrogens (tertiary/aromatic N) is 2. The van der Waals surface area contributed by atoms with Gasteiger partial charge in [0.25, 0.3) is 0 Å². The van der Waals surface area contributed by atoms with Gasteiger partial charge < -0.3 is 14.4 Å². The Morgan fingerprint density at radius 1 is 1.17 bits per heavy atom. The molecule has 5 nitrogen and oxygen atoms in total. The van der Waals surface area contributed by atoms with Gasteiger partial charge in [-0.25, -0.2) is 0 Å².